The van der Waals surface area contributed by atoms with E-state index in [2.05, 4.69) is 15.6 Å². The number of hydrogen-bond donors (Lipinski definition) is 2. The van der Waals surface area contributed by atoms with Crippen LogP contribution >= 0.6 is 11.3 Å². The highest BCUT2D eigenvalue weighted by Gasteiger charge is 2.20. The van der Waals surface area contributed by atoms with Gasteiger partial charge >= 0.3 is 0 Å². The number of likely N-dealkylation sites (N-methyl/N-ethyl adjacent to an activating group) is 2. The minimum absolute atomic E-state index is 0.0963. The SMILES string of the molecule is CNC(=O)C(Cc1cc2cc(F)ccc2s1)=C(C)c1cnc2c(c1)CN(C)CC(=O)N2. The van der Waals surface area contributed by atoms with Gasteiger partial charge in [0.15, 0.2) is 0 Å². The molecule has 0 atom stereocenters. The van der Waals surface area contributed by atoms with E-state index < -0.39 is 0 Å². The maximum absolute atomic E-state index is 13.6. The first-order valence-electron chi connectivity index (χ1n) is 9.91. The van der Waals surface area contributed by atoms with Gasteiger partial charge in [-0.25, -0.2) is 9.37 Å². The first kappa shape index (κ1) is 21.1. The van der Waals surface area contributed by atoms with Gasteiger partial charge < -0.3 is 10.6 Å². The van der Waals surface area contributed by atoms with Gasteiger partial charge in [-0.15, -0.1) is 11.3 Å². The summed E-state index contributed by atoms with van der Waals surface area (Å²) in [5.74, 6) is 0.0182. The zero-order valence-corrected chi connectivity index (χ0v) is 18.4. The molecule has 3 aromatic rings. The van der Waals surface area contributed by atoms with Crippen LogP contribution in [0.3, 0.4) is 0 Å². The number of thiophene rings is 1. The largest absolute Gasteiger partial charge is 0.355 e. The van der Waals surface area contributed by atoms with Gasteiger partial charge in [0, 0.05) is 46.9 Å². The fraction of sp³-hybridized carbons (Fsp3) is 0.261. The van der Waals surface area contributed by atoms with Crippen molar-refractivity contribution >= 4 is 44.6 Å². The average Bonchev–Trinajstić information content (AvgIpc) is 3.06. The van der Waals surface area contributed by atoms with Crippen molar-refractivity contribution < 1.29 is 14.0 Å². The molecule has 2 aromatic heterocycles. The zero-order chi connectivity index (χ0) is 22.1. The molecule has 0 aliphatic carbocycles. The van der Waals surface area contributed by atoms with E-state index in [0.717, 1.165) is 31.7 Å². The molecule has 0 bridgehead atoms. The summed E-state index contributed by atoms with van der Waals surface area (Å²) >= 11 is 1.55. The Kier molecular flexibility index (Phi) is 5.84. The van der Waals surface area contributed by atoms with Crippen LogP contribution in [-0.4, -0.2) is 42.3 Å². The van der Waals surface area contributed by atoms with Gasteiger partial charge in [0.25, 0.3) is 0 Å². The lowest BCUT2D eigenvalue weighted by atomic mass is 9.97. The summed E-state index contributed by atoms with van der Waals surface area (Å²) in [4.78, 5) is 32.0. The van der Waals surface area contributed by atoms with Crippen molar-refractivity contribution in [2.75, 3.05) is 26.0 Å². The van der Waals surface area contributed by atoms with E-state index in [-0.39, 0.29) is 17.6 Å². The van der Waals surface area contributed by atoms with Gasteiger partial charge in [-0.2, -0.15) is 0 Å². The quantitative estimate of drug-likeness (QED) is 0.611. The lowest BCUT2D eigenvalue weighted by Gasteiger charge is -2.14. The van der Waals surface area contributed by atoms with Crippen molar-refractivity contribution in [1.29, 1.82) is 0 Å². The number of carbonyl (C=O) groups excluding carboxylic acids is 2. The second kappa shape index (κ2) is 8.56. The summed E-state index contributed by atoms with van der Waals surface area (Å²) in [6.45, 7) is 2.79. The predicted octanol–water partition coefficient (Wildman–Crippen LogP) is 3.58. The molecule has 1 aliphatic rings. The Labute approximate surface area is 183 Å². The highest BCUT2D eigenvalue weighted by Crippen LogP contribution is 2.31. The van der Waals surface area contributed by atoms with E-state index in [0.29, 0.717) is 30.9 Å². The Morgan fingerprint density at radius 2 is 2.10 bits per heavy atom. The fourth-order valence-electron chi connectivity index (χ4n) is 3.75. The lowest BCUT2D eigenvalue weighted by Crippen LogP contribution is -2.26. The van der Waals surface area contributed by atoms with Crippen LogP contribution in [0, 0.1) is 5.82 Å². The molecule has 0 radical (unpaired) electrons. The number of hydrogen-bond acceptors (Lipinski definition) is 5. The Bertz CT molecular complexity index is 1220. The number of pyridine rings is 1. The highest BCUT2D eigenvalue weighted by molar-refractivity contribution is 7.19. The second-order valence-corrected chi connectivity index (χ2v) is 8.87. The van der Waals surface area contributed by atoms with Crippen LogP contribution in [0.1, 0.15) is 22.9 Å². The van der Waals surface area contributed by atoms with E-state index in [1.54, 1.807) is 30.6 Å². The summed E-state index contributed by atoms with van der Waals surface area (Å²) in [5, 5.41) is 6.38. The molecule has 160 valence electrons. The smallest absolute Gasteiger partial charge is 0.247 e. The van der Waals surface area contributed by atoms with Gasteiger partial charge in [0.05, 0.1) is 6.54 Å². The van der Waals surface area contributed by atoms with E-state index in [1.807, 2.05) is 31.0 Å². The van der Waals surface area contributed by atoms with Crippen molar-refractivity contribution in [2.45, 2.75) is 19.9 Å². The molecule has 31 heavy (non-hydrogen) atoms. The van der Waals surface area contributed by atoms with Crippen LogP contribution in [0.15, 0.2) is 42.1 Å². The Balaban J connectivity index is 1.73. The minimum atomic E-state index is -0.275. The maximum atomic E-state index is 13.6. The van der Waals surface area contributed by atoms with E-state index in [1.165, 1.54) is 12.1 Å². The molecule has 6 nitrogen and oxygen atoms in total. The molecule has 0 fully saturated rings. The number of amides is 2. The number of rotatable bonds is 4. The minimum Gasteiger partial charge on any atom is -0.355 e. The van der Waals surface area contributed by atoms with Gasteiger partial charge in [-0.1, -0.05) is 0 Å². The summed E-state index contributed by atoms with van der Waals surface area (Å²) in [6, 6.07) is 8.62. The maximum Gasteiger partial charge on any atom is 0.247 e. The van der Waals surface area contributed by atoms with Gasteiger partial charge in [0.1, 0.15) is 11.6 Å². The first-order chi connectivity index (χ1) is 14.8. The molecule has 1 aromatic carbocycles. The van der Waals surface area contributed by atoms with Crippen molar-refractivity contribution in [2.24, 2.45) is 0 Å². The summed E-state index contributed by atoms with van der Waals surface area (Å²) in [6.07, 6.45) is 2.11. The zero-order valence-electron chi connectivity index (χ0n) is 17.6. The van der Waals surface area contributed by atoms with Crippen molar-refractivity contribution in [3.63, 3.8) is 0 Å². The molecule has 0 unspecified atom stereocenters. The van der Waals surface area contributed by atoms with Crippen LogP contribution in [0.4, 0.5) is 10.2 Å². The predicted molar refractivity (Wildman–Crippen MR) is 121 cm³/mol. The monoisotopic (exact) mass is 438 g/mol. The Morgan fingerprint density at radius 1 is 1.29 bits per heavy atom. The number of nitrogens with one attached hydrogen (secondary N) is 2. The summed E-state index contributed by atoms with van der Waals surface area (Å²) in [5.41, 5.74) is 3.17. The normalized spacial score (nSPS) is 15.2. The van der Waals surface area contributed by atoms with Gasteiger partial charge in [-0.05, 0) is 60.8 Å². The van der Waals surface area contributed by atoms with Crippen LogP contribution in [0.2, 0.25) is 0 Å². The third kappa shape index (κ3) is 4.50. The van der Waals surface area contributed by atoms with E-state index >= 15 is 0 Å². The number of benzene rings is 1. The number of anilines is 1. The van der Waals surface area contributed by atoms with E-state index in [4.69, 9.17) is 0 Å². The van der Waals surface area contributed by atoms with Crippen molar-refractivity contribution in [3.8, 4) is 0 Å². The number of allylic oxidation sites excluding steroid dienone is 1. The summed E-state index contributed by atoms with van der Waals surface area (Å²) < 4.78 is 14.5. The van der Waals surface area contributed by atoms with Crippen molar-refractivity contribution in [1.82, 2.24) is 15.2 Å². The van der Waals surface area contributed by atoms with Crippen LogP contribution in [0.25, 0.3) is 15.7 Å². The molecule has 3 heterocycles. The third-order valence-electron chi connectivity index (χ3n) is 5.35. The molecule has 2 N–H and O–H groups in total. The molecule has 4 rings (SSSR count). The molecular formula is C23H23FN4O2S. The van der Waals surface area contributed by atoms with Crippen LogP contribution in [0.5, 0.6) is 0 Å². The summed E-state index contributed by atoms with van der Waals surface area (Å²) in [7, 11) is 3.49. The van der Waals surface area contributed by atoms with Crippen molar-refractivity contribution in [3.05, 3.63) is 63.9 Å². The Morgan fingerprint density at radius 3 is 2.87 bits per heavy atom. The van der Waals surface area contributed by atoms with Crippen LogP contribution in [-0.2, 0) is 22.6 Å². The van der Waals surface area contributed by atoms with E-state index in [9.17, 15) is 14.0 Å². The molecule has 0 saturated heterocycles. The standard InChI is InChI=1S/C23H23FN4O2S/c1-13(15-6-16-11-28(3)12-21(29)27-22(16)26-10-15)19(23(30)25-2)9-18-8-14-7-17(24)4-5-20(14)31-18/h4-8,10H,9,11-12H2,1-3H3,(H,25,30)(H,26,27,29). The van der Waals surface area contributed by atoms with Crippen LogP contribution < -0.4 is 10.6 Å². The number of nitrogens with zero attached hydrogens (tertiary/aromatic N) is 2. The third-order valence-corrected chi connectivity index (χ3v) is 6.46. The molecule has 2 amide bonds. The number of fused-ring (bicyclic) bond motifs is 2. The second-order valence-electron chi connectivity index (χ2n) is 7.71. The number of carbonyl (C=O) groups is 2. The highest BCUT2D eigenvalue weighted by atomic mass is 32.1. The number of aromatic nitrogens is 1. The first-order valence-corrected chi connectivity index (χ1v) is 10.7. The fourth-order valence-corrected chi connectivity index (χ4v) is 4.81. The molecular weight excluding hydrogens is 415 g/mol. The topological polar surface area (TPSA) is 74.3 Å². The average molecular weight is 439 g/mol. The lowest BCUT2D eigenvalue weighted by molar-refractivity contribution is -0.117. The molecule has 0 spiro atoms. The molecule has 1 aliphatic heterocycles. The van der Waals surface area contributed by atoms with Gasteiger partial charge in [0.2, 0.25) is 11.8 Å². The molecule has 8 heteroatoms. The number of halogens is 1. The Hall–Kier alpha value is -3.10. The van der Waals surface area contributed by atoms with Gasteiger partial charge in [-0.3, -0.25) is 14.5 Å². The molecule has 0 saturated carbocycles.